The molecule has 0 aliphatic heterocycles. The van der Waals surface area contributed by atoms with Gasteiger partial charge in [0.15, 0.2) is 5.78 Å². The van der Waals surface area contributed by atoms with E-state index in [2.05, 4.69) is 0 Å². The third-order valence-electron chi connectivity index (χ3n) is 2.10. The summed E-state index contributed by atoms with van der Waals surface area (Å²) in [5, 5.41) is 0. The Hall–Kier alpha value is -1.97. The second-order valence-electron chi connectivity index (χ2n) is 3.47. The molecule has 0 saturated carbocycles. The number of ketones is 2. The summed E-state index contributed by atoms with van der Waals surface area (Å²) in [6, 6.07) is 8.73. The minimum Gasteiger partial charge on any atom is -0.369 e. The molecular weight excluding hydrogens is 206 g/mol. The molecule has 0 aliphatic carbocycles. The Morgan fingerprint density at radius 3 is 2.19 bits per heavy atom. The van der Waals surface area contributed by atoms with Crippen molar-refractivity contribution in [3.05, 3.63) is 35.9 Å². The van der Waals surface area contributed by atoms with E-state index >= 15 is 0 Å². The average Bonchev–Trinajstić information content (AvgIpc) is 2.26. The van der Waals surface area contributed by atoms with Crippen LogP contribution in [0.1, 0.15) is 29.6 Å². The molecule has 0 fully saturated rings. The van der Waals surface area contributed by atoms with Crippen molar-refractivity contribution >= 4 is 17.5 Å². The van der Waals surface area contributed by atoms with Crippen molar-refractivity contribution in [3.63, 3.8) is 0 Å². The fraction of sp³-hybridized carbons (Fsp3) is 0.250. The lowest BCUT2D eigenvalue weighted by Gasteiger charge is -1.99. The van der Waals surface area contributed by atoms with Gasteiger partial charge in [-0.05, 0) is 0 Å². The summed E-state index contributed by atoms with van der Waals surface area (Å²) in [4.78, 5) is 33.1. The van der Waals surface area contributed by atoms with Crippen LogP contribution in [0.15, 0.2) is 30.3 Å². The van der Waals surface area contributed by atoms with Gasteiger partial charge in [0.05, 0.1) is 6.42 Å². The van der Waals surface area contributed by atoms with Gasteiger partial charge in [-0.15, -0.1) is 0 Å². The minimum absolute atomic E-state index is 0.0661. The molecular formula is C12H13NO3. The van der Waals surface area contributed by atoms with Crippen LogP contribution in [0.4, 0.5) is 0 Å². The highest BCUT2D eigenvalue weighted by atomic mass is 16.2. The monoisotopic (exact) mass is 219 g/mol. The van der Waals surface area contributed by atoms with Crippen molar-refractivity contribution in [2.45, 2.75) is 19.3 Å². The molecule has 0 unspecified atom stereocenters. The van der Waals surface area contributed by atoms with E-state index in [0.29, 0.717) is 5.56 Å². The lowest BCUT2D eigenvalue weighted by atomic mass is 10.0. The van der Waals surface area contributed by atoms with E-state index in [4.69, 9.17) is 5.73 Å². The van der Waals surface area contributed by atoms with Gasteiger partial charge in [-0.25, -0.2) is 0 Å². The van der Waals surface area contributed by atoms with Crippen LogP contribution in [0.3, 0.4) is 0 Å². The van der Waals surface area contributed by atoms with E-state index < -0.39 is 5.91 Å². The van der Waals surface area contributed by atoms with Gasteiger partial charge in [-0.1, -0.05) is 30.3 Å². The number of Topliss-reactive ketones (excluding diaryl/α,β-unsaturated/α-hetero) is 2. The number of hydrogen-bond acceptors (Lipinski definition) is 3. The summed E-state index contributed by atoms with van der Waals surface area (Å²) in [6.45, 7) is 0. The topological polar surface area (TPSA) is 77.2 Å². The third-order valence-corrected chi connectivity index (χ3v) is 2.10. The second-order valence-corrected chi connectivity index (χ2v) is 3.47. The highest BCUT2D eigenvalue weighted by Crippen LogP contribution is 2.06. The quantitative estimate of drug-likeness (QED) is 0.574. The normalized spacial score (nSPS) is 9.75. The number of amides is 1. The maximum atomic E-state index is 11.6. The fourth-order valence-electron chi connectivity index (χ4n) is 1.30. The van der Waals surface area contributed by atoms with Crippen LogP contribution < -0.4 is 5.73 Å². The Morgan fingerprint density at radius 1 is 1.00 bits per heavy atom. The molecule has 0 saturated heterocycles. The Labute approximate surface area is 93.4 Å². The molecule has 1 aromatic carbocycles. The molecule has 1 rings (SSSR count). The Kier molecular flexibility index (Phi) is 4.39. The number of carbonyl (C=O) groups is 3. The van der Waals surface area contributed by atoms with Gasteiger partial charge in [0.1, 0.15) is 5.78 Å². The molecule has 0 heterocycles. The molecule has 0 atom stereocenters. The maximum Gasteiger partial charge on any atom is 0.224 e. The number of primary amides is 1. The van der Waals surface area contributed by atoms with E-state index in [1.807, 2.05) is 6.07 Å². The number of hydrogen-bond donors (Lipinski definition) is 1. The lowest BCUT2D eigenvalue weighted by Crippen LogP contribution is -2.16. The molecule has 1 aromatic rings. The average molecular weight is 219 g/mol. The zero-order valence-electron chi connectivity index (χ0n) is 8.81. The van der Waals surface area contributed by atoms with Gasteiger partial charge >= 0.3 is 0 Å². The zero-order valence-corrected chi connectivity index (χ0v) is 8.81. The van der Waals surface area contributed by atoms with E-state index in [9.17, 15) is 14.4 Å². The highest BCUT2D eigenvalue weighted by Gasteiger charge is 2.10. The van der Waals surface area contributed by atoms with Gasteiger partial charge in [-0.3, -0.25) is 14.4 Å². The standard InChI is InChI=1S/C12H13NO3/c13-12(16)8-10(14)6-7-11(15)9-4-2-1-3-5-9/h1-5H,6-8H2,(H2,13,16). The highest BCUT2D eigenvalue weighted by molar-refractivity contribution is 6.01. The number of rotatable bonds is 6. The van der Waals surface area contributed by atoms with Gasteiger partial charge in [-0.2, -0.15) is 0 Å². The summed E-state index contributed by atoms with van der Waals surface area (Å²) in [5.74, 6) is -1.05. The van der Waals surface area contributed by atoms with Crippen molar-refractivity contribution in [1.82, 2.24) is 0 Å². The summed E-state index contributed by atoms with van der Waals surface area (Å²) in [7, 11) is 0. The van der Waals surface area contributed by atoms with Crippen LogP contribution >= 0.6 is 0 Å². The molecule has 16 heavy (non-hydrogen) atoms. The molecule has 0 spiro atoms. The molecule has 2 N–H and O–H groups in total. The van der Waals surface area contributed by atoms with Crippen molar-refractivity contribution in [3.8, 4) is 0 Å². The SMILES string of the molecule is NC(=O)CC(=O)CCC(=O)c1ccccc1. The number of carbonyl (C=O) groups excluding carboxylic acids is 3. The van der Waals surface area contributed by atoms with Crippen molar-refractivity contribution in [2.24, 2.45) is 5.73 Å². The largest absolute Gasteiger partial charge is 0.369 e. The fourth-order valence-corrected chi connectivity index (χ4v) is 1.30. The predicted octanol–water partition coefficient (Wildman–Crippen LogP) is 1.09. The Bertz CT molecular complexity index is 398. The van der Waals surface area contributed by atoms with Crippen LogP contribution in [0.5, 0.6) is 0 Å². The van der Waals surface area contributed by atoms with Crippen LogP contribution in [-0.2, 0) is 9.59 Å². The third kappa shape index (κ3) is 4.04. The summed E-state index contributed by atoms with van der Waals surface area (Å²) < 4.78 is 0. The maximum absolute atomic E-state index is 11.6. The van der Waals surface area contributed by atoms with Crippen LogP contribution in [0.25, 0.3) is 0 Å². The molecule has 4 nitrogen and oxygen atoms in total. The number of benzene rings is 1. The molecule has 4 heteroatoms. The van der Waals surface area contributed by atoms with Crippen molar-refractivity contribution < 1.29 is 14.4 Å². The molecule has 0 aromatic heterocycles. The first kappa shape index (κ1) is 12.1. The van der Waals surface area contributed by atoms with Gasteiger partial charge < -0.3 is 5.73 Å². The first-order chi connectivity index (χ1) is 7.59. The number of nitrogens with two attached hydrogens (primary N) is 1. The van der Waals surface area contributed by atoms with Gasteiger partial charge in [0, 0.05) is 18.4 Å². The second kappa shape index (κ2) is 5.80. The molecule has 1 amide bonds. The van der Waals surface area contributed by atoms with Crippen LogP contribution in [0.2, 0.25) is 0 Å². The van der Waals surface area contributed by atoms with E-state index in [1.54, 1.807) is 24.3 Å². The van der Waals surface area contributed by atoms with Crippen LogP contribution in [0, 0.1) is 0 Å². The summed E-state index contributed by atoms with van der Waals surface area (Å²) in [5.41, 5.74) is 5.44. The van der Waals surface area contributed by atoms with E-state index in [1.165, 1.54) is 0 Å². The minimum atomic E-state index is -0.655. The molecule has 0 bridgehead atoms. The first-order valence-electron chi connectivity index (χ1n) is 4.98. The Balaban J connectivity index is 2.42. The van der Waals surface area contributed by atoms with Gasteiger partial charge in [0.2, 0.25) is 5.91 Å². The van der Waals surface area contributed by atoms with Crippen LogP contribution in [-0.4, -0.2) is 17.5 Å². The Morgan fingerprint density at radius 2 is 1.62 bits per heavy atom. The van der Waals surface area contributed by atoms with E-state index in [-0.39, 0.29) is 30.8 Å². The molecule has 0 radical (unpaired) electrons. The molecule has 84 valence electrons. The van der Waals surface area contributed by atoms with E-state index in [0.717, 1.165) is 0 Å². The van der Waals surface area contributed by atoms with Gasteiger partial charge in [0.25, 0.3) is 0 Å². The van der Waals surface area contributed by atoms with Crippen molar-refractivity contribution in [2.75, 3.05) is 0 Å². The zero-order chi connectivity index (χ0) is 12.0. The summed E-state index contributed by atoms with van der Waals surface area (Å²) in [6.07, 6.45) is -0.102. The smallest absolute Gasteiger partial charge is 0.224 e. The molecule has 0 aliphatic rings. The summed E-state index contributed by atoms with van der Waals surface area (Å²) >= 11 is 0. The lowest BCUT2D eigenvalue weighted by molar-refractivity contribution is -0.126. The van der Waals surface area contributed by atoms with Crippen molar-refractivity contribution in [1.29, 1.82) is 0 Å². The first-order valence-corrected chi connectivity index (χ1v) is 4.98. The predicted molar refractivity (Wildman–Crippen MR) is 58.8 cm³/mol.